The molecule has 1 aromatic heterocycles. The van der Waals surface area contributed by atoms with Gasteiger partial charge in [0.25, 0.3) is 5.56 Å². The lowest BCUT2D eigenvalue weighted by atomic mass is 10.2. The van der Waals surface area contributed by atoms with Gasteiger partial charge in [0.1, 0.15) is 5.56 Å². The minimum Gasteiger partial charge on any atom is -0.494 e. The maximum Gasteiger partial charge on any atom is 0.333 e. The molecule has 1 aromatic rings. The average molecular weight is 233 g/mol. The summed E-state index contributed by atoms with van der Waals surface area (Å²) in [7, 11) is 2.76. The van der Waals surface area contributed by atoms with Crippen molar-refractivity contribution in [2.75, 3.05) is 0 Å². The Morgan fingerprint density at radius 3 is 2.59 bits per heavy atom. The van der Waals surface area contributed by atoms with Crippen molar-refractivity contribution in [1.29, 1.82) is 0 Å². The first-order valence-corrected chi connectivity index (χ1v) is 4.94. The van der Waals surface area contributed by atoms with Crippen LogP contribution in [0.25, 0.3) is 6.08 Å². The van der Waals surface area contributed by atoms with E-state index in [1.807, 2.05) is 0 Å². The van der Waals surface area contributed by atoms with Gasteiger partial charge in [-0.05, 0) is 18.2 Å². The zero-order chi connectivity index (χ0) is 12.6. The summed E-state index contributed by atoms with van der Waals surface area (Å²) in [6, 6.07) is 0. The van der Waals surface area contributed by atoms with E-state index in [-0.39, 0.29) is 11.4 Å². The van der Waals surface area contributed by atoms with E-state index in [0.717, 1.165) is 9.13 Å². The van der Waals surface area contributed by atoms with Gasteiger partial charge in [0.05, 0.1) is 5.70 Å². The molecular weight excluding hydrogens is 222 g/mol. The highest BCUT2D eigenvalue weighted by Crippen LogP contribution is 2.15. The molecule has 0 saturated heterocycles. The lowest BCUT2D eigenvalue weighted by Gasteiger charge is -2.07. The van der Waals surface area contributed by atoms with E-state index < -0.39 is 11.2 Å². The summed E-state index contributed by atoms with van der Waals surface area (Å²) >= 11 is 0. The van der Waals surface area contributed by atoms with Gasteiger partial charge in [-0.25, -0.2) is 4.79 Å². The van der Waals surface area contributed by atoms with Crippen LogP contribution in [0.5, 0.6) is 5.88 Å². The SMILES string of the molecule is Cn1c(O)c(/C=C2\C=CC=N2)c(=O)n(C)c1=O. The van der Waals surface area contributed by atoms with Crippen LogP contribution in [0.1, 0.15) is 5.56 Å². The van der Waals surface area contributed by atoms with Crippen LogP contribution in [0.4, 0.5) is 0 Å². The summed E-state index contributed by atoms with van der Waals surface area (Å²) in [5.41, 5.74) is -0.516. The van der Waals surface area contributed by atoms with Crippen LogP contribution in [0.2, 0.25) is 0 Å². The van der Waals surface area contributed by atoms with Crippen LogP contribution < -0.4 is 11.2 Å². The fourth-order valence-corrected chi connectivity index (χ4v) is 1.53. The van der Waals surface area contributed by atoms with Gasteiger partial charge in [-0.3, -0.25) is 18.9 Å². The predicted molar refractivity (Wildman–Crippen MR) is 64.2 cm³/mol. The number of hydrogen-bond acceptors (Lipinski definition) is 4. The Kier molecular flexibility index (Phi) is 2.55. The maximum absolute atomic E-state index is 11.8. The summed E-state index contributed by atoms with van der Waals surface area (Å²) in [6.07, 6.45) is 6.44. The Morgan fingerprint density at radius 2 is 2.00 bits per heavy atom. The van der Waals surface area contributed by atoms with Crippen LogP contribution in [-0.2, 0) is 14.1 Å². The molecule has 1 aliphatic rings. The van der Waals surface area contributed by atoms with Crippen molar-refractivity contribution < 1.29 is 5.11 Å². The average Bonchev–Trinajstić information content (AvgIpc) is 2.82. The Balaban J connectivity index is 2.75. The molecule has 1 aliphatic heterocycles. The van der Waals surface area contributed by atoms with Gasteiger partial charge in [0.2, 0.25) is 5.88 Å². The first kappa shape index (κ1) is 11.1. The van der Waals surface area contributed by atoms with E-state index >= 15 is 0 Å². The van der Waals surface area contributed by atoms with Gasteiger partial charge >= 0.3 is 5.69 Å². The third-order valence-corrected chi connectivity index (χ3v) is 2.54. The zero-order valence-electron chi connectivity index (χ0n) is 9.41. The summed E-state index contributed by atoms with van der Waals surface area (Å²) in [6.45, 7) is 0. The molecule has 2 rings (SSSR count). The van der Waals surface area contributed by atoms with E-state index in [2.05, 4.69) is 4.99 Å². The number of nitrogens with zero attached hydrogens (tertiary/aromatic N) is 3. The monoisotopic (exact) mass is 233 g/mol. The third-order valence-electron chi connectivity index (χ3n) is 2.54. The van der Waals surface area contributed by atoms with Gasteiger partial charge in [0, 0.05) is 20.3 Å². The fourth-order valence-electron chi connectivity index (χ4n) is 1.53. The fraction of sp³-hybridized carbons (Fsp3) is 0.182. The molecule has 0 fully saturated rings. The van der Waals surface area contributed by atoms with Gasteiger partial charge in [-0.2, -0.15) is 0 Å². The van der Waals surface area contributed by atoms with E-state index in [9.17, 15) is 14.7 Å². The summed E-state index contributed by atoms with van der Waals surface area (Å²) in [5.74, 6) is -0.360. The first-order chi connectivity index (χ1) is 8.02. The number of aliphatic imine (C=N–C) groups is 1. The zero-order valence-corrected chi connectivity index (χ0v) is 9.41. The Morgan fingerprint density at radius 1 is 1.29 bits per heavy atom. The van der Waals surface area contributed by atoms with Crippen LogP contribution in [-0.4, -0.2) is 20.5 Å². The van der Waals surface area contributed by atoms with Crippen LogP contribution in [0.15, 0.2) is 32.4 Å². The van der Waals surface area contributed by atoms with Crippen molar-refractivity contribution in [2.24, 2.45) is 19.1 Å². The van der Waals surface area contributed by atoms with Crippen molar-refractivity contribution in [3.63, 3.8) is 0 Å². The minimum absolute atomic E-state index is 0.0494. The van der Waals surface area contributed by atoms with Crippen molar-refractivity contribution in [3.8, 4) is 5.88 Å². The van der Waals surface area contributed by atoms with E-state index in [1.54, 1.807) is 18.4 Å². The largest absolute Gasteiger partial charge is 0.494 e. The van der Waals surface area contributed by atoms with Crippen molar-refractivity contribution in [3.05, 3.63) is 44.3 Å². The molecule has 0 bridgehead atoms. The topological polar surface area (TPSA) is 76.6 Å². The van der Waals surface area contributed by atoms with Crippen molar-refractivity contribution >= 4 is 12.3 Å². The molecule has 0 saturated carbocycles. The molecule has 0 amide bonds. The molecule has 0 aromatic carbocycles. The number of allylic oxidation sites excluding steroid dienone is 2. The summed E-state index contributed by atoms with van der Waals surface area (Å²) < 4.78 is 1.95. The smallest absolute Gasteiger partial charge is 0.333 e. The molecule has 6 nitrogen and oxygen atoms in total. The molecule has 6 heteroatoms. The third kappa shape index (κ3) is 1.73. The lowest BCUT2D eigenvalue weighted by molar-refractivity contribution is 0.410. The summed E-state index contributed by atoms with van der Waals surface area (Å²) in [4.78, 5) is 27.3. The Labute approximate surface area is 96.5 Å². The highest BCUT2D eigenvalue weighted by molar-refractivity contribution is 5.79. The molecule has 0 aliphatic carbocycles. The summed E-state index contributed by atoms with van der Waals surface area (Å²) in [5, 5.41) is 9.77. The molecule has 1 N–H and O–H groups in total. The van der Waals surface area contributed by atoms with E-state index in [4.69, 9.17) is 0 Å². The number of aromatic nitrogens is 2. The predicted octanol–water partition coefficient (Wildman–Crippen LogP) is -0.229. The minimum atomic E-state index is -0.569. The van der Waals surface area contributed by atoms with Gasteiger partial charge < -0.3 is 5.11 Å². The van der Waals surface area contributed by atoms with Gasteiger partial charge in [-0.1, -0.05) is 0 Å². The molecule has 0 atom stereocenters. The second-order valence-electron chi connectivity index (χ2n) is 3.65. The molecule has 17 heavy (non-hydrogen) atoms. The second-order valence-corrected chi connectivity index (χ2v) is 3.65. The standard InChI is InChI=1S/C11H11N3O3/c1-13-9(15)8(6-7-4-3-5-12-7)10(16)14(2)11(13)17/h3-6,15H,1-2H3/b7-6+. The second kappa shape index (κ2) is 3.89. The Bertz CT molecular complexity index is 660. The van der Waals surface area contributed by atoms with Gasteiger partial charge in [0.15, 0.2) is 0 Å². The van der Waals surface area contributed by atoms with Crippen LogP contribution in [0, 0.1) is 0 Å². The van der Waals surface area contributed by atoms with Crippen LogP contribution >= 0.6 is 0 Å². The molecule has 0 unspecified atom stereocenters. The Hall–Kier alpha value is -2.37. The molecule has 88 valence electrons. The normalized spacial score (nSPS) is 16.0. The number of hydrogen-bond donors (Lipinski definition) is 1. The van der Waals surface area contributed by atoms with Crippen molar-refractivity contribution in [1.82, 2.24) is 9.13 Å². The molecule has 0 radical (unpaired) electrons. The highest BCUT2D eigenvalue weighted by Gasteiger charge is 2.13. The van der Waals surface area contributed by atoms with Crippen molar-refractivity contribution in [2.45, 2.75) is 0 Å². The molecule has 2 heterocycles. The quantitative estimate of drug-likeness (QED) is 0.728. The maximum atomic E-state index is 11.8. The van der Waals surface area contributed by atoms with Crippen LogP contribution in [0.3, 0.4) is 0 Å². The van der Waals surface area contributed by atoms with Gasteiger partial charge in [-0.15, -0.1) is 0 Å². The molecular formula is C11H11N3O3. The number of aromatic hydroxyl groups is 1. The molecule has 0 spiro atoms. The highest BCUT2D eigenvalue weighted by atomic mass is 16.3. The first-order valence-electron chi connectivity index (χ1n) is 4.94. The van der Waals surface area contributed by atoms with E-state index in [1.165, 1.54) is 20.2 Å². The number of rotatable bonds is 1. The van der Waals surface area contributed by atoms with E-state index in [0.29, 0.717) is 5.70 Å². The lowest BCUT2D eigenvalue weighted by Crippen LogP contribution is -2.37.